The smallest absolute Gasteiger partial charge is 0.225 e. The van der Waals surface area contributed by atoms with Crippen molar-refractivity contribution in [3.63, 3.8) is 0 Å². The molecule has 30 heavy (non-hydrogen) atoms. The number of piperidine rings is 1. The summed E-state index contributed by atoms with van der Waals surface area (Å²) in [5.41, 5.74) is 0. The van der Waals surface area contributed by atoms with Gasteiger partial charge < -0.3 is 15.5 Å². The van der Waals surface area contributed by atoms with E-state index in [1.165, 1.54) is 38.6 Å². The molecule has 7 heteroatoms. The maximum absolute atomic E-state index is 12.4. The lowest BCUT2D eigenvalue weighted by molar-refractivity contribution is -0.139. The highest BCUT2D eigenvalue weighted by atomic mass is 16.2. The maximum atomic E-state index is 12.4. The van der Waals surface area contributed by atoms with E-state index in [9.17, 15) is 4.79 Å². The largest absolute Gasteiger partial charge is 0.357 e. The molecule has 1 amide bonds. The SMILES string of the molecule is CCNC(=NCCN1CCCCC1CC)NCCN1CCN(C(=O)C2CCC2)CC1. The molecular weight excluding hydrogens is 376 g/mol. The summed E-state index contributed by atoms with van der Waals surface area (Å²) in [6, 6.07) is 0.749. The van der Waals surface area contributed by atoms with Crippen LogP contribution in [0.3, 0.4) is 0 Å². The van der Waals surface area contributed by atoms with Crippen molar-refractivity contribution in [2.75, 3.05) is 65.4 Å². The van der Waals surface area contributed by atoms with Gasteiger partial charge in [-0.3, -0.25) is 19.6 Å². The summed E-state index contributed by atoms with van der Waals surface area (Å²) in [4.78, 5) is 24.4. The van der Waals surface area contributed by atoms with Crippen LogP contribution in [-0.4, -0.2) is 98.1 Å². The van der Waals surface area contributed by atoms with Crippen LogP contribution in [0.15, 0.2) is 4.99 Å². The Bertz CT molecular complexity index is 542. The van der Waals surface area contributed by atoms with Crippen LogP contribution in [0.4, 0.5) is 0 Å². The zero-order chi connectivity index (χ0) is 21.2. The van der Waals surface area contributed by atoms with Crippen LogP contribution >= 0.6 is 0 Å². The van der Waals surface area contributed by atoms with Crippen molar-refractivity contribution < 1.29 is 4.79 Å². The number of hydrogen-bond donors (Lipinski definition) is 2. The molecule has 1 atom stereocenters. The molecule has 3 aliphatic rings. The van der Waals surface area contributed by atoms with Crippen molar-refractivity contribution in [2.45, 2.75) is 64.8 Å². The first-order valence-electron chi connectivity index (χ1n) is 12.5. The van der Waals surface area contributed by atoms with Crippen molar-refractivity contribution in [1.82, 2.24) is 25.3 Å². The van der Waals surface area contributed by atoms with Gasteiger partial charge in [0.15, 0.2) is 5.96 Å². The molecule has 7 nitrogen and oxygen atoms in total. The van der Waals surface area contributed by atoms with Gasteiger partial charge in [-0.1, -0.05) is 19.8 Å². The molecule has 0 aromatic rings. The average molecular weight is 421 g/mol. The van der Waals surface area contributed by atoms with Crippen molar-refractivity contribution >= 4 is 11.9 Å². The second-order valence-electron chi connectivity index (χ2n) is 9.08. The molecular formula is C23H44N6O. The normalized spacial score (nSPS) is 24.5. The molecule has 1 saturated carbocycles. The zero-order valence-electron chi connectivity index (χ0n) is 19.4. The first kappa shape index (κ1) is 23.3. The van der Waals surface area contributed by atoms with Gasteiger partial charge in [-0.05, 0) is 45.6 Å². The second kappa shape index (κ2) is 12.5. The van der Waals surface area contributed by atoms with Crippen LogP contribution in [0.2, 0.25) is 0 Å². The Kier molecular flexibility index (Phi) is 9.72. The molecule has 0 bridgehead atoms. The van der Waals surface area contributed by atoms with Crippen molar-refractivity contribution in [3.8, 4) is 0 Å². The predicted octanol–water partition coefficient (Wildman–Crippen LogP) is 1.75. The van der Waals surface area contributed by atoms with Crippen LogP contribution in [0.5, 0.6) is 0 Å². The van der Waals surface area contributed by atoms with E-state index in [-0.39, 0.29) is 0 Å². The van der Waals surface area contributed by atoms with Gasteiger partial charge in [0.25, 0.3) is 0 Å². The van der Waals surface area contributed by atoms with Crippen molar-refractivity contribution in [1.29, 1.82) is 0 Å². The highest BCUT2D eigenvalue weighted by Crippen LogP contribution is 2.28. The van der Waals surface area contributed by atoms with E-state index in [1.807, 2.05) is 0 Å². The molecule has 172 valence electrons. The maximum Gasteiger partial charge on any atom is 0.225 e. The fourth-order valence-corrected chi connectivity index (χ4v) is 4.89. The molecule has 0 aromatic heterocycles. The highest BCUT2D eigenvalue weighted by molar-refractivity contribution is 5.80. The molecule has 3 fully saturated rings. The van der Waals surface area contributed by atoms with E-state index in [4.69, 9.17) is 4.99 Å². The Balaban J connectivity index is 1.33. The predicted molar refractivity (Wildman–Crippen MR) is 124 cm³/mol. The minimum Gasteiger partial charge on any atom is -0.357 e. The second-order valence-corrected chi connectivity index (χ2v) is 9.08. The number of amides is 1. The first-order valence-corrected chi connectivity index (χ1v) is 12.5. The summed E-state index contributed by atoms with van der Waals surface area (Å²) < 4.78 is 0. The third-order valence-electron chi connectivity index (χ3n) is 7.08. The van der Waals surface area contributed by atoms with E-state index < -0.39 is 0 Å². The number of guanidine groups is 1. The molecule has 1 aliphatic carbocycles. The van der Waals surface area contributed by atoms with E-state index >= 15 is 0 Å². The summed E-state index contributed by atoms with van der Waals surface area (Å²) in [5, 5.41) is 6.88. The van der Waals surface area contributed by atoms with Crippen LogP contribution in [-0.2, 0) is 4.79 Å². The summed E-state index contributed by atoms with van der Waals surface area (Å²) in [5.74, 6) is 1.66. The van der Waals surface area contributed by atoms with Gasteiger partial charge in [-0.2, -0.15) is 0 Å². The molecule has 2 N–H and O–H groups in total. The number of rotatable bonds is 9. The Morgan fingerprint density at radius 1 is 0.933 bits per heavy atom. The lowest BCUT2D eigenvalue weighted by atomic mass is 9.84. The number of carbonyl (C=O) groups excluding carboxylic acids is 1. The highest BCUT2D eigenvalue weighted by Gasteiger charge is 2.31. The van der Waals surface area contributed by atoms with E-state index in [1.54, 1.807) is 0 Å². The molecule has 2 saturated heterocycles. The van der Waals surface area contributed by atoms with Gasteiger partial charge in [-0.25, -0.2) is 0 Å². The minimum atomic E-state index is 0.328. The van der Waals surface area contributed by atoms with Crippen LogP contribution in [0, 0.1) is 5.92 Å². The number of nitrogens with zero attached hydrogens (tertiary/aromatic N) is 4. The molecule has 0 aromatic carbocycles. The Hall–Kier alpha value is -1.34. The summed E-state index contributed by atoms with van der Waals surface area (Å²) in [7, 11) is 0. The van der Waals surface area contributed by atoms with Gasteiger partial charge in [0.05, 0.1) is 6.54 Å². The van der Waals surface area contributed by atoms with E-state index in [0.717, 1.165) is 83.7 Å². The molecule has 3 rings (SSSR count). The number of hydrogen-bond acceptors (Lipinski definition) is 4. The Morgan fingerprint density at radius 3 is 2.40 bits per heavy atom. The quantitative estimate of drug-likeness (QED) is 0.440. The third-order valence-corrected chi connectivity index (χ3v) is 7.08. The molecule has 2 heterocycles. The fourth-order valence-electron chi connectivity index (χ4n) is 4.89. The monoisotopic (exact) mass is 420 g/mol. The molecule has 2 aliphatic heterocycles. The van der Waals surface area contributed by atoms with Gasteiger partial charge in [0.2, 0.25) is 5.91 Å². The van der Waals surface area contributed by atoms with Gasteiger partial charge >= 0.3 is 0 Å². The van der Waals surface area contributed by atoms with Crippen LogP contribution in [0.25, 0.3) is 0 Å². The Labute approximate surface area is 183 Å². The first-order chi connectivity index (χ1) is 14.7. The Morgan fingerprint density at radius 2 is 1.73 bits per heavy atom. The van der Waals surface area contributed by atoms with Crippen LogP contribution < -0.4 is 10.6 Å². The summed E-state index contributed by atoms with van der Waals surface area (Å²) >= 11 is 0. The van der Waals surface area contributed by atoms with E-state index in [2.05, 4.69) is 39.2 Å². The number of piperazine rings is 1. The van der Waals surface area contributed by atoms with Gasteiger partial charge in [0, 0.05) is 64.3 Å². The van der Waals surface area contributed by atoms with Crippen molar-refractivity contribution in [3.05, 3.63) is 0 Å². The third kappa shape index (κ3) is 6.84. The van der Waals surface area contributed by atoms with Crippen LogP contribution in [0.1, 0.15) is 58.8 Å². The number of likely N-dealkylation sites (tertiary alicyclic amines) is 1. The van der Waals surface area contributed by atoms with Gasteiger partial charge in [-0.15, -0.1) is 0 Å². The summed E-state index contributed by atoms with van der Waals surface area (Å²) in [6.45, 7) is 14.1. The zero-order valence-corrected chi connectivity index (χ0v) is 19.4. The fraction of sp³-hybridized carbons (Fsp3) is 0.913. The number of carbonyl (C=O) groups is 1. The minimum absolute atomic E-state index is 0.328. The van der Waals surface area contributed by atoms with Gasteiger partial charge in [0.1, 0.15) is 0 Å². The lowest BCUT2D eigenvalue weighted by Crippen LogP contribution is -2.52. The molecule has 0 radical (unpaired) electrons. The molecule has 1 unspecified atom stereocenters. The van der Waals surface area contributed by atoms with E-state index in [0.29, 0.717) is 11.8 Å². The lowest BCUT2D eigenvalue weighted by Gasteiger charge is -2.38. The number of aliphatic imine (C=N–C) groups is 1. The summed E-state index contributed by atoms with van der Waals surface area (Å²) in [6.07, 6.45) is 8.75. The standard InChI is InChI=1S/C23H44N6O/c1-3-21-10-5-6-13-28(21)15-12-26-23(24-4-2)25-11-14-27-16-18-29(19-17-27)22(30)20-8-7-9-20/h20-21H,3-19H2,1-2H3,(H2,24,25,26). The van der Waals surface area contributed by atoms with Crippen molar-refractivity contribution in [2.24, 2.45) is 10.9 Å². The molecule has 0 spiro atoms. The number of nitrogens with one attached hydrogen (secondary N) is 2. The topological polar surface area (TPSA) is 63.2 Å². The average Bonchev–Trinajstić information content (AvgIpc) is 2.73.